The van der Waals surface area contributed by atoms with Crippen LogP contribution in [-0.4, -0.2) is 34.6 Å². The van der Waals surface area contributed by atoms with Crippen LogP contribution in [0.5, 0.6) is 0 Å². The van der Waals surface area contributed by atoms with Crippen molar-refractivity contribution in [1.82, 2.24) is 10.3 Å². The minimum Gasteiger partial charge on any atom is -0.394 e. The van der Waals surface area contributed by atoms with Crippen molar-refractivity contribution in [2.45, 2.75) is 26.8 Å². The Morgan fingerprint density at radius 3 is 2.69 bits per heavy atom. The topological polar surface area (TPSA) is 94.2 Å². The molecule has 26 heavy (non-hydrogen) atoms. The molecule has 136 valence electrons. The Labute approximate surface area is 152 Å². The number of amides is 2. The third kappa shape index (κ3) is 3.55. The van der Waals surface area contributed by atoms with Crippen molar-refractivity contribution in [2.75, 3.05) is 11.9 Å². The van der Waals surface area contributed by atoms with E-state index in [9.17, 15) is 14.7 Å². The lowest BCUT2D eigenvalue weighted by Crippen LogP contribution is -2.46. The summed E-state index contributed by atoms with van der Waals surface area (Å²) in [5.74, 6) is -0.476. The van der Waals surface area contributed by atoms with E-state index in [1.54, 1.807) is 30.5 Å². The standard InChI is InChI=1S/C20H23N3O3/c1-20(2,3)17(11-24)23-18(25)12-6-7-16-14(9-12)15(19(26)22-16)10-13-5-4-8-21-13/h4-10,17,21,24H,11H2,1-3H3,(H,22,26)(H,23,25)/b15-10-/t17-/m1/s1. The predicted molar refractivity (Wildman–Crippen MR) is 102 cm³/mol. The van der Waals surface area contributed by atoms with Gasteiger partial charge in [0.2, 0.25) is 0 Å². The van der Waals surface area contributed by atoms with E-state index in [-0.39, 0.29) is 29.9 Å². The monoisotopic (exact) mass is 353 g/mol. The van der Waals surface area contributed by atoms with E-state index in [0.29, 0.717) is 22.4 Å². The summed E-state index contributed by atoms with van der Waals surface area (Å²) in [6, 6.07) is 8.45. The summed E-state index contributed by atoms with van der Waals surface area (Å²) in [5.41, 5.74) is 2.86. The molecule has 1 aliphatic heterocycles. The number of aliphatic hydroxyl groups is 1. The first-order valence-electron chi connectivity index (χ1n) is 8.52. The molecule has 6 nitrogen and oxygen atoms in total. The van der Waals surface area contributed by atoms with Gasteiger partial charge in [-0.15, -0.1) is 0 Å². The Bertz CT molecular complexity index is 861. The molecule has 3 rings (SSSR count). The predicted octanol–water partition coefficient (Wildman–Crippen LogP) is 2.64. The number of H-pyrrole nitrogens is 1. The Morgan fingerprint density at radius 1 is 1.31 bits per heavy atom. The van der Waals surface area contributed by atoms with E-state index >= 15 is 0 Å². The summed E-state index contributed by atoms with van der Waals surface area (Å²) in [6.07, 6.45) is 3.54. The van der Waals surface area contributed by atoms with Crippen LogP contribution in [0.25, 0.3) is 11.6 Å². The molecule has 2 aromatic rings. The molecular formula is C20H23N3O3. The summed E-state index contributed by atoms with van der Waals surface area (Å²) in [6.45, 7) is 5.72. The molecule has 1 atom stereocenters. The number of aromatic amines is 1. The maximum Gasteiger partial charge on any atom is 0.256 e. The second-order valence-electron chi connectivity index (χ2n) is 7.47. The van der Waals surface area contributed by atoms with Gasteiger partial charge in [0.25, 0.3) is 11.8 Å². The normalized spacial score (nSPS) is 16.3. The number of hydrogen-bond donors (Lipinski definition) is 4. The quantitative estimate of drug-likeness (QED) is 0.637. The number of aromatic nitrogens is 1. The average Bonchev–Trinajstić information content (AvgIpc) is 3.19. The van der Waals surface area contributed by atoms with Crippen molar-refractivity contribution < 1.29 is 14.7 Å². The van der Waals surface area contributed by atoms with E-state index in [2.05, 4.69) is 15.6 Å². The SMILES string of the molecule is CC(C)(C)[C@@H](CO)NC(=O)c1ccc2c(c1)/C(=C/c1ccc[nH]1)C(=O)N2. The van der Waals surface area contributed by atoms with Gasteiger partial charge >= 0.3 is 0 Å². The fraction of sp³-hybridized carbons (Fsp3) is 0.300. The van der Waals surface area contributed by atoms with Crippen LogP contribution in [0.4, 0.5) is 5.69 Å². The first kappa shape index (κ1) is 17.9. The van der Waals surface area contributed by atoms with Crippen molar-refractivity contribution in [3.8, 4) is 0 Å². The maximum atomic E-state index is 12.6. The third-order valence-electron chi connectivity index (χ3n) is 4.52. The van der Waals surface area contributed by atoms with Gasteiger partial charge in [-0.1, -0.05) is 20.8 Å². The van der Waals surface area contributed by atoms with Crippen LogP contribution in [0.15, 0.2) is 36.5 Å². The molecule has 1 aliphatic rings. The Kier molecular flexibility index (Phi) is 4.70. The highest BCUT2D eigenvalue weighted by Crippen LogP contribution is 2.33. The summed E-state index contributed by atoms with van der Waals surface area (Å²) in [4.78, 5) is 27.9. The number of carbonyl (C=O) groups excluding carboxylic acids is 2. The molecule has 1 aromatic carbocycles. The van der Waals surface area contributed by atoms with E-state index in [1.807, 2.05) is 32.9 Å². The van der Waals surface area contributed by atoms with E-state index in [1.165, 1.54) is 0 Å². The van der Waals surface area contributed by atoms with Crippen LogP contribution < -0.4 is 10.6 Å². The maximum absolute atomic E-state index is 12.6. The Balaban J connectivity index is 1.90. The van der Waals surface area contributed by atoms with Crippen molar-refractivity contribution in [3.05, 3.63) is 53.3 Å². The number of hydrogen-bond acceptors (Lipinski definition) is 3. The summed E-state index contributed by atoms with van der Waals surface area (Å²) in [7, 11) is 0. The van der Waals surface area contributed by atoms with Crippen LogP contribution in [0.2, 0.25) is 0 Å². The molecule has 0 saturated heterocycles. The van der Waals surface area contributed by atoms with Gasteiger partial charge in [0, 0.05) is 28.7 Å². The second-order valence-corrected chi connectivity index (χ2v) is 7.47. The van der Waals surface area contributed by atoms with E-state index in [0.717, 1.165) is 5.69 Å². The van der Waals surface area contributed by atoms with Gasteiger partial charge in [-0.2, -0.15) is 0 Å². The zero-order valence-electron chi connectivity index (χ0n) is 15.1. The number of nitrogens with one attached hydrogen (secondary N) is 3. The first-order chi connectivity index (χ1) is 12.3. The lowest BCUT2D eigenvalue weighted by Gasteiger charge is -2.29. The highest BCUT2D eigenvalue weighted by Gasteiger charge is 2.28. The molecule has 0 unspecified atom stereocenters. The van der Waals surface area contributed by atoms with Gasteiger partial charge in [-0.05, 0) is 41.8 Å². The summed E-state index contributed by atoms with van der Waals surface area (Å²) < 4.78 is 0. The van der Waals surface area contributed by atoms with Gasteiger partial charge in [-0.25, -0.2) is 0 Å². The molecule has 4 N–H and O–H groups in total. The van der Waals surface area contributed by atoms with Gasteiger partial charge in [0.05, 0.1) is 18.2 Å². The molecule has 2 heterocycles. The van der Waals surface area contributed by atoms with Crippen LogP contribution in [-0.2, 0) is 4.79 Å². The van der Waals surface area contributed by atoms with Crippen LogP contribution >= 0.6 is 0 Å². The fourth-order valence-corrected chi connectivity index (χ4v) is 2.84. The van der Waals surface area contributed by atoms with Crippen LogP contribution in [0.1, 0.15) is 42.4 Å². The molecule has 0 radical (unpaired) electrons. The average molecular weight is 353 g/mol. The molecule has 0 aliphatic carbocycles. The molecule has 0 spiro atoms. The zero-order valence-corrected chi connectivity index (χ0v) is 15.1. The molecule has 0 bridgehead atoms. The number of benzene rings is 1. The first-order valence-corrected chi connectivity index (χ1v) is 8.52. The smallest absolute Gasteiger partial charge is 0.256 e. The highest BCUT2D eigenvalue weighted by molar-refractivity contribution is 6.35. The van der Waals surface area contributed by atoms with Gasteiger partial charge in [0.1, 0.15) is 0 Å². The number of fused-ring (bicyclic) bond motifs is 1. The Hall–Kier alpha value is -2.86. The van der Waals surface area contributed by atoms with Crippen molar-refractivity contribution >= 4 is 29.2 Å². The molecular weight excluding hydrogens is 330 g/mol. The minimum absolute atomic E-state index is 0.141. The number of carbonyl (C=O) groups is 2. The summed E-state index contributed by atoms with van der Waals surface area (Å²) in [5, 5.41) is 15.2. The third-order valence-corrected chi connectivity index (χ3v) is 4.52. The molecule has 0 saturated carbocycles. The van der Waals surface area contributed by atoms with Gasteiger partial charge in [-0.3, -0.25) is 9.59 Å². The fourth-order valence-electron chi connectivity index (χ4n) is 2.84. The Morgan fingerprint density at radius 2 is 2.08 bits per heavy atom. The van der Waals surface area contributed by atoms with Crippen molar-refractivity contribution in [3.63, 3.8) is 0 Å². The molecule has 1 aromatic heterocycles. The molecule has 0 fully saturated rings. The van der Waals surface area contributed by atoms with Crippen molar-refractivity contribution in [2.24, 2.45) is 5.41 Å². The largest absolute Gasteiger partial charge is 0.394 e. The molecule has 6 heteroatoms. The van der Waals surface area contributed by atoms with Gasteiger partial charge in [0.15, 0.2) is 0 Å². The van der Waals surface area contributed by atoms with Crippen LogP contribution in [0, 0.1) is 5.41 Å². The van der Waals surface area contributed by atoms with E-state index in [4.69, 9.17) is 0 Å². The highest BCUT2D eigenvalue weighted by atomic mass is 16.3. The van der Waals surface area contributed by atoms with Crippen LogP contribution in [0.3, 0.4) is 0 Å². The zero-order chi connectivity index (χ0) is 18.9. The number of rotatable bonds is 4. The minimum atomic E-state index is -0.364. The number of anilines is 1. The lowest BCUT2D eigenvalue weighted by molar-refractivity contribution is -0.110. The molecule has 2 amide bonds. The van der Waals surface area contributed by atoms with Gasteiger partial charge < -0.3 is 20.7 Å². The summed E-state index contributed by atoms with van der Waals surface area (Å²) >= 11 is 0. The number of aliphatic hydroxyl groups excluding tert-OH is 1. The van der Waals surface area contributed by atoms with Crippen molar-refractivity contribution in [1.29, 1.82) is 0 Å². The van der Waals surface area contributed by atoms with E-state index < -0.39 is 0 Å². The lowest BCUT2D eigenvalue weighted by atomic mass is 9.87. The second kappa shape index (κ2) is 6.80.